The van der Waals surface area contributed by atoms with Gasteiger partial charge in [-0.05, 0) is 36.2 Å². The van der Waals surface area contributed by atoms with Gasteiger partial charge in [-0.3, -0.25) is 19.2 Å². The number of aromatic nitrogens is 1. The lowest BCUT2D eigenvalue weighted by Gasteiger charge is -2.25. The van der Waals surface area contributed by atoms with Crippen LogP contribution in [0.1, 0.15) is 24.5 Å². The molecule has 5 unspecified atom stereocenters. The second-order valence-corrected chi connectivity index (χ2v) is 9.82. The zero-order valence-electron chi connectivity index (χ0n) is 22.6. The largest absolute Gasteiger partial charge is 0.508 e. The van der Waals surface area contributed by atoms with Gasteiger partial charge >= 0.3 is 11.9 Å². The molecule has 3 aromatic rings. The van der Waals surface area contributed by atoms with Gasteiger partial charge in [-0.1, -0.05) is 30.3 Å². The van der Waals surface area contributed by atoms with Crippen LogP contribution in [0.5, 0.6) is 5.75 Å². The summed E-state index contributed by atoms with van der Waals surface area (Å²) in [5.41, 5.74) is 7.58. The summed E-state index contributed by atoms with van der Waals surface area (Å²) in [6.45, 7) is 1.29. The first kappa shape index (κ1) is 31.6. The quantitative estimate of drug-likeness (QED) is 0.116. The summed E-state index contributed by atoms with van der Waals surface area (Å²) in [6.07, 6.45) is -0.772. The summed E-state index contributed by atoms with van der Waals surface area (Å²) in [5.74, 6) is -5.76. The van der Waals surface area contributed by atoms with Crippen molar-refractivity contribution in [1.29, 1.82) is 0 Å². The number of phenolic OH excluding ortho intramolecular Hbond substituents is 1. The van der Waals surface area contributed by atoms with Crippen LogP contribution in [0.15, 0.2) is 54.7 Å². The minimum atomic E-state index is -1.70. The maximum atomic E-state index is 13.4. The van der Waals surface area contributed by atoms with Gasteiger partial charge < -0.3 is 47.1 Å². The smallest absolute Gasteiger partial charge is 0.326 e. The first-order chi connectivity index (χ1) is 19.8. The Kier molecular flexibility index (Phi) is 10.6. The van der Waals surface area contributed by atoms with Gasteiger partial charge in [-0.25, -0.2) is 4.79 Å². The molecule has 5 atom stereocenters. The number of para-hydroxylation sites is 1. The molecule has 3 rings (SSSR count). The van der Waals surface area contributed by atoms with Crippen LogP contribution in [-0.2, 0) is 36.8 Å². The number of nitrogens with one attached hydrogen (secondary N) is 4. The normalized spacial score (nSPS) is 14.6. The Bertz CT molecular complexity index is 1440. The Morgan fingerprint density at radius 1 is 0.833 bits per heavy atom. The van der Waals surface area contributed by atoms with E-state index in [9.17, 15) is 44.4 Å². The van der Waals surface area contributed by atoms with Crippen molar-refractivity contribution in [2.24, 2.45) is 5.73 Å². The Labute approximate surface area is 239 Å². The van der Waals surface area contributed by atoms with E-state index in [1.165, 1.54) is 31.2 Å². The maximum absolute atomic E-state index is 13.4. The SMILES string of the molecule is CC(O)C(N)C(=O)NC(Cc1c[nH]c2ccccc12)C(=O)NC(CC(=O)O)C(=O)NC(Cc1ccc(O)cc1)C(=O)O. The standard InChI is InChI=1S/C28H33N5O9/c1-14(34)24(29)27(40)32-20(11-16-13-30-19-5-3-2-4-18(16)19)25(38)31-21(12-23(36)37)26(39)33-22(28(41)42)10-15-6-8-17(35)9-7-15/h2-9,13-14,20-22,24,30,34-35H,10-12,29H2,1H3,(H,31,38)(H,32,40)(H,33,39)(H,36,37)(H,41,42). The molecule has 1 heterocycles. The molecular weight excluding hydrogens is 550 g/mol. The Morgan fingerprint density at radius 3 is 2.05 bits per heavy atom. The van der Waals surface area contributed by atoms with E-state index in [0.717, 1.165) is 10.9 Å². The van der Waals surface area contributed by atoms with E-state index in [4.69, 9.17) is 5.73 Å². The van der Waals surface area contributed by atoms with E-state index in [2.05, 4.69) is 20.9 Å². The van der Waals surface area contributed by atoms with E-state index < -0.39 is 66.4 Å². The molecule has 0 saturated heterocycles. The third-order valence-corrected chi connectivity index (χ3v) is 6.56. The number of aliphatic hydroxyl groups excluding tert-OH is 1. The van der Waals surface area contributed by atoms with Crippen molar-refractivity contribution in [2.45, 2.75) is 56.5 Å². The predicted molar refractivity (Wildman–Crippen MR) is 149 cm³/mol. The second kappa shape index (κ2) is 14.1. The van der Waals surface area contributed by atoms with Crippen LogP contribution in [-0.4, -0.2) is 85.3 Å². The lowest BCUT2D eigenvalue weighted by molar-refractivity contribution is -0.143. The van der Waals surface area contributed by atoms with Crippen molar-refractivity contribution >= 4 is 40.6 Å². The predicted octanol–water partition coefficient (Wildman–Crippen LogP) is -0.619. The number of aliphatic carboxylic acids is 2. The number of carboxylic acid groups (broad SMARTS) is 2. The summed E-state index contributed by atoms with van der Waals surface area (Å²) in [4.78, 5) is 65.6. The average molecular weight is 584 g/mol. The number of carbonyl (C=O) groups excluding carboxylic acids is 3. The van der Waals surface area contributed by atoms with E-state index >= 15 is 0 Å². The van der Waals surface area contributed by atoms with Gasteiger partial charge in [0, 0.05) is 29.9 Å². The number of carbonyl (C=O) groups is 5. The molecule has 0 aliphatic heterocycles. The van der Waals surface area contributed by atoms with Gasteiger partial charge in [-0.15, -0.1) is 0 Å². The molecule has 3 amide bonds. The van der Waals surface area contributed by atoms with E-state index in [0.29, 0.717) is 11.1 Å². The number of fused-ring (bicyclic) bond motifs is 1. The van der Waals surface area contributed by atoms with Gasteiger partial charge in [0.25, 0.3) is 0 Å². The Hall–Kier alpha value is -4.95. The Morgan fingerprint density at radius 2 is 1.43 bits per heavy atom. The molecule has 0 radical (unpaired) electrons. The number of aromatic amines is 1. The van der Waals surface area contributed by atoms with Crippen LogP contribution in [0.25, 0.3) is 10.9 Å². The molecule has 224 valence electrons. The number of benzene rings is 2. The third kappa shape index (κ3) is 8.52. The van der Waals surface area contributed by atoms with Crippen molar-refractivity contribution in [1.82, 2.24) is 20.9 Å². The average Bonchev–Trinajstić information content (AvgIpc) is 3.34. The van der Waals surface area contributed by atoms with Crippen molar-refractivity contribution in [3.05, 3.63) is 65.9 Å². The highest BCUT2D eigenvalue weighted by molar-refractivity contribution is 5.96. The second-order valence-electron chi connectivity index (χ2n) is 9.82. The molecule has 0 saturated carbocycles. The Balaban J connectivity index is 1.83. The molecule has 1 aromatic heterocycles. The third-order valence-electron chi connectivity index (χ3n) is 6.56. The fraction of sp³-hybridized carbons (Fsp3) is 0.321. The van der Waals surface area contributed by atoms with Crippen molar-refractivity contribution < 1.29 is 44.4 Å². The van der Waals surface area contributed by atoms with Gasteiger partial charge in [0.1, 0.15) is 29.9 Å². The molecular formula is C28H33N5O9. The number of nitrogens with two attached hydrogens (primary N) is 1. The maximum Gasteiger partial charge on any atom is 0.326 e. The molecule has 0 bridgehead atoms. The summed E-state index contributed by atoms with van der Waals surface area (Å²) in [7, 11) is 0. The highest BCUT2D eigenvalue weighted by Gasteiger charge is 2.32. The summed E-state index contributed by atoms with van der Waals surface area (Å²) in [6, 6.07) is 6.87. The molecule has 14 heteroatoms. The molecule has 10 N–H and O–H groups in total. The molecule has 0 aliphatic rings. The molecule has 14 nitrogen and oxygen atoms in total. The van der Waals surface area contributed by atoms with Crippen LogP contribution in [0.3, 0.4) is 0 Å². The molecule has 0 fully saturated rings. The topological polar surface area (TPSA) is 244 Å². The fourth-order valence-electron chi connectivity index (χ4n) is 4.21. The minimum Gasteiger partial charge on any atom is -0.508 e. The monoisotopic (exact) mass is 583 g/mol. The first-order valence-corrected chi connectivity index (χ1v) is 13.0. The van der Waals surface area contributed by atoms with E-state index in [-0.39, 0.29) is 18.6 Å². The van der Waals surface area contributed by atoms with Crippen molar-refractivity contribution in [3.8, 4) is 5.75 Å². The van der Waals surface area contributed by atoms with Crippen LogP contribution < -0.4 is 21.7 Å². The summed E-state index contributed by atoms with van der Waals surface area (Å²) < 4.78 is 0. The zero-order chi connectivity index (χ0) is 31.0. The number of phenols is 1. The highest BCUT2D eigenvalue weighted by Crippen LogP contribution is 2.19. The van der Waals surface area contributed by atoms with Gasteiger partial charge in [0.05, 0.1) is 12.5 Å². The molecule has 0 spiro atoms. The lowest BCUT2D eigenvalue weighted by Crippen LogP contribution is -2.59. The first-order valence-electron chi connectivity index (χ1n) is 13.0. The molecule has 42 heavy (non-hydrogen) atoms. The van der Waals surface area contributed by atoms with Gasteiger partial charge in [0.2, 0.25) is 17.7 Å². The van der Waals surface area contributed by atoms with Crippen LogP contribution in [0.4, 0.5) is 0 Å². The molecule has 2 aromatic carbocycles. The van der Waals surface area contributed by atoms with E-state index in [1.54, 1.807) is 30.5 Å². The van der Waals surface area contributed by atoms with Crippen molar-refractivity contribution in [2.75, 3.05) is 0 Å². The number of rotatable bonds is 14. The number of amides is 3. The number of H-pyrrole nitrogens is 1. The lowest BCUT2D eigenvalue weighted by atomic mass is 10.0. The summed E-state index contributed by atoms with van der Waals surface area (Å²) in [5, 5.41) is 46.0. The number of aromatic hydroxyl groups is 1. The van der Waals surface area contributed by atoms with Crippen LogP contribution in [0, 0.1) is 0 Å². The minimum absolute atomic E-state index is 0.0393. The highest BCUT2D eigenvalue weighted by atomic mass is 16.4. The number of hydrogen-bond donors (Lipinski definition) is 9. The van der Waals surface area contributed by atoms with Crippen LogP contribution >= 0.6 is 0 Å². The number of hydrogen-bond acceptors (Lipinski definition) is 8. The molecule has 0 aliphatic carbocycles. The fourth-order valence-corrected chi connectivity index (χ4v) is 4.21. The van der Waals surface area contributed by atoms with E-state index in [1.807, 2.05) is 0 Å². The van der Waals surface area contributed by atoms with Gasteiger partial charge in [-0.2, -0.15) is 0 Å². The summed E-state index contributed by atoms with van der Waals surface area (Å²) >= 11 is 0. The van der Waals surface area contributed by atoms with Gasteiger partial charge in [0.15, 0.2) is 0 Å². The van der Waals surface area contributed by atoms with Crippen LogP contribution in [0.2, 0.25) is 0 Å². The number of carboxylic acids is 2. The zero-order valence-corrected chi connectivity index (χ0v) is 22.6. The van der Waals surface area contributed by atoms with Crippen molar-refractivity contribution in [3.63, 3.8) is 0 Å². The number of aliphatic hydroxyl groups is 1.